The summed E-state index contributed by atoms with van der Waals surface area (Å²) in [7, 11) is -6.45. The Labute approximate surface area is 320 Å². The first-order valence-corrected chi connectivity index (χ1v) is 22.6. The number of amides is 1. The maximum atomic E-state index is 14.5. The van der Waals surface area contributed by atoms with Crippen molar-refractivity contribution < 1.29 is 60.3 Å². The van der Waals surface area contributed by atoms with Crippen LogP contribution < -0.4 is 0 Å². The molecule has 0 unspecified atom stereocenters. The lowest BCUT2D eigenvalue weighted by atomic mass is 9.46. The first-order valence-electron chi connectivity index (χ1n) is 19.2. The van der Waals surface area contributed by atoms with Crippen LogP contribution in [0, 0.1) is 28.6 Å². The predicted molar refractivity (Wildman–Crippen MR) is 200 cm³/mol. The molecule has 4 aliphatic carbocycles. The first kappa shape index (κ1) is 44.5. The van der Waals surface area contributed by atoms with Crippen LogP contribution in [0.5, 0.6) is 0 Å². The zero-order valence-corrected chi connectivity index (χ0v) is 34.4. The Balaban J connectivity index is 1.44. The van der Waals surface area contributed by atoms with Gasteiger partial charge in [0, 0.05) is 49.6 Å². The lowest BCUT2D eigenvalue weighted by Crippen LogP contribution is -2.62. The van der Waals surface area contributed by atoms with Crippen molar-refractivity contribution >= 4 is 41.2 Å². The standard InChI is InChI=1S/C38H60NO13PS/c1-7-51-53(45,52-8-2)25-50-38(32(42)24-49-34(44)14-12-10-9-11-13-33(43)39(6)19-20-54(46,47)48)18-16-29-28-21-26(3)30-22-27(40)15-17-36(30,4)35(28)31(41)23-37(29,38)5/h15,17,28-29,31,35,41H,7-14,16,18-25H2,1-6H3,(H,46,47,48)/t28-,29-,31-,35+,36-,37-,38-/m0/s1. The number of aliphatic hydroxyl groups is 1. The van der Waals surface area contributed by atoms with Crippen molar-refractivity contribution in [2.75, 3.05) is 45.5 Å². The molecule has 0 aromatic rings. The summed E-state index contributed by atoms with van der Waals surface area (Å²) in [5.41, 5.74) is -0.790. The Kier molecular flexibility index (Phi) is 14.7. The lowest BCUT2D eigenvalue weighted by molar-refractivity contribution is -0.190. The SMILES string of the molecule is CCOP(=O)(CO[C@]1(C(=O)COC(=O)CCCCCCC(=O)N(C)CCS(=O)(=O)O)CC[C@H]2[C@@H]3CC(C)=C4CC(=O)C=C[C@]4(C)[C@H]3[C@@H](O)C[C@@]21C)OCC. The van der Waals surface area contributed by atoms with Gasteiger partial charge in [-0.1, -0.05) is 43.9 Å². The molecule has 16 heteroatoms. The molecule has 0 heterocycles. The third-order valence-electron chi connectivity index (χ3n) is 12.5. The van der Waals surface area contributed by atoms with Gasteiger partial charge >= 0.3 is 13.6 Å². The number of carbonyl (C=O) groups is 4. The summed E-state index contributed by atoms with van der Waals surface area (Å²) in [6.07, 6.45) is 6.86. The van der Waals surface area contributed by atoms with Gasteiger partial charge in [0.15, 0.2) is 12.4 Å². The molecule has 14 nitrogen and oxygen atoms in total. The van der Waals surface area contributed by atoms with Crippen LogP contribution in [0.3, 0.4) is 0 Å². The van der Waals surface area contributed by atoms with Crippen LogP contribution in [0.25, 0.3) is 0 Å². The van der Waals surface area contributed by atoms with Gasteiger partial charge in [-0.2, -0.15) is 8.42 Å². The van der Waals surface area contributed by atoms with Crippen molar-refractivity contribution in [2.45, 2.75) is 117 Å². The van der Waals surface area contributed by atoms with E-state index in [0.29, 0.717) is 44.9 Å². The fourth-order valence-corrected chi connectivity index (χ4v) is 11.8. The Morgan fingerprint density at radius 3 is 2.33 bits per heavy atom. The van der Waals surface area contributed by atoms with Crippen molar-refractivity contribution in [3.8, 4) is 0 Å². The number of aliphatic hydroxyl groups excluding tert-OH is 1. The van der Waals surface area contributed by atoms with Crippen molar-refractivity contribution in [1.29, 1.82) is 0 Å². The van der Waals surface area contributed by atoms with Gasteiger partial charge in [0.05, 0.1) is 25.1 Å². The topological polar surface area (TPSA) is 200 Å². The van der Waals surface area contributed by atoms with Crippen LogP contribution in [-0.2, 0) is 52.4 Å². The summed E-state index contributed by atoms with van der Waals surface area (Å²) in [4.78, 5) is 53.2. The highest BCUT2D eigenvalue weighted by atomic mass is 32.2. The van der Waals surface area contributed by atoms with E-state index in [1.54, 1.807) is 19.9 Å². The van der Waals surface area contributed by atoms with Crippen molar-refractivity contribution in [1.82, 2.24) is 4.90 Å². The smallest absolute Gasteiger partial charge is 0.356 e. The van der Waals surface area contributed by atoms with E-state index in [2.05, 4.69) is 6.92 Å². The molecule has 0 aromatic carbocycles. The summed E-state index contributed by atoms with van der Waals surface area (Å²) >= 11 is 0. The minimum Gasteiger partial charge on any atom is -0.458 e. The average Bonchev–Trinajstić information content (AvgIpc) is 3.39. The van der Waals surface area contributed by atoms with E-state index in [0.717, 1.165) is 11.1 Å². The van der Waals surface area contributed by atoms with Crippen molar-refractivity contribution in [2.24, 2.45) is 28.6 Å². The molecule has 4 rings (SSSR count). The minimum absolute atomic E-state index is 0.0239. The number of nitrogens with zero attached hydrogens (tertiary/aromatic N) is 1. The Hall–Kier alpha value is -2.26. The van der Waals surface area contributed by atoms with E-state index in [1.807, 2.05) is 19.9 Å². The number of Topliss-reactive ketones (excluding diaryl/α,β-unsaturated/α-hetero) is 1. The quantitative estimate of drug-likeness (QED) is 0.0520. The average molecular weight is 802 g/mol. The normalized spacial score (nSPS) is 30.8. The summed E-state index contributed by atoms with van der Waals surface area (Å²) in [5, 5.41) is 12.0. The first-order chi connectivity index (χ1) is 25.3. The number of hydrogen-bond donors (Lipinski definition) is 2. The van der Waals surface area contributed by atoms with Gasteiger partial charge < -0.3 is 28.5 Å². The third-order valence-corrected chi connectivity index (χ3v) is 15.0. The molecule has 2 saturated carbocycles. The van der Waals surface area contributed by atoms with Gasteiger partial charge in [0.1, 0.15) is 11.9 Å². The van der Waals surface area contributed by atoms with Crippen LogP contribution in [0.15, 0.2) is 23.3 Å². The van der Waals surface area contributed by atoms with Crippen molar-refractivity contribution in [3.05, 3.63) is 23.3 Å². The van der Waals surface area contributed by atoms with Gasteiger partial charge in [-0.25, -0.2) is 0 Å². The number of esters is 1. The Morgan fingerprint density at radius 1 is 1.06 bits per heavy atom. The number of hydrogen-bond acceptors (Lipinski definition) is 12. The molecule has 7 atom stereocenters. The number of carbonyl (C=O) groups excluding carboxylic acids is 4. The summed E-state index contributed by atoms with van der Waals surface area (Å²) in [6, 6.07) is 0. The fourth-order valence-electron chi connectivity index (χ4n) is 9.94. The highest BCUT2D eigenvalue weighted by Crippen LogP contribution is 2.68. The van der Waals surface area contributed by atoms with Crippen LogP contribution in [-0.4, -0.2) is 104 Å². The highest BCUT2D eigenvalue weighted by Gasteiger charge is 2.69. The van der Waals surface area contributed by atoms with Gasteiger partial charge in [0.25, 0.3) is 10.1 Å². The van der Waals surface area contributed by atoms with E-state index < -0.39 is 70.7 Å². The molecule has 2 fully saturated rings. The lowest BCUT2D eigenvalue weighted by Gasteiger charge is -2.60. The van der Waals surface area contributed by atoms with Crippen LogP contribution in [0.4, 0.5) is 0 Å². The molecule has 54 heavy (non-hydrogen) atoms. The van der Waals surface area contributed by atoms with E-state index in [-0.39, 0.29) is 74.9 Å². The molecule has 4 aliphatic rings. The molecule has 0 aromatic heterocycles. The Bertz CT molecular complexity index is 1630. The molecule has 306 valence electrons. The fraction of sp³-hybridized carbons (Fsp3) is 0.789. The van der Waals surface area contributed by atoms with Crippen molar-refractivity contribution in [3.63, 3.8) is 0 Å². The number of rotatable bonds is 20. The van der Waals surface area contributed by atoms with E-state index in [1.165, 1.54) is 11.9 Å². The van der Waals surface area contributed by atoms with E-state index >= 15 is 0 Å². The van der Waals surface area contributed by atoms with E-state index in [4.69, 9.17) is 23.1 Å². The highest BCUT2D eigenvalue weighted by molar-refractivity contribution is 7.85. The maximum Gasteiger partial charge on any atom is 0.356 e. The van der Waals surface area contributed by atoms with Gasteiger partial charge in [-0.3, -0.25) is 28.3 Å². The molecule has 0 saturated heterocycles. The zero-order valence-electron chi connectivity index (χ0n) is 32.7. The molecule has 0 bridgehead atoms. The third kappa shape index (κ3) is 9.64. The van der Waals surface area contributed by atoms with Crippen LogP contribution in [0.1, 0.15) is 105 Å². The number of ketones is 2. The second kappa shape index (κ2) is 17.9. The van der Waals surface area contributed by atoms with Crippen LogP contribution >= 0.6 is 7.60 Å². The predicted octanol–water partition coefficient (Wildman–Crippen LogP) is 5.43. The van der Waals surface area contributed by atoms with Gasteiger partial charge in [-0.15, -0.1) is 0 Å². The number of ether oxygens (including phenoxy) is 2. The number of fused-ring (bicyclic) bond motifs is 5. The number of unbranched alkanes of at least 4 members (excludes halogenated alkanes) is 3. The van der Waals surface area contributed by atoms with Gasteiger partial charge in [0.2, 0.25) is 11.7 Å². The zero-order chi connectivity index (χ0) is 40.1. The molecular weight excluding hydrogens is 741 g/mol. The maximum absolute atomic E-state index is 14.5. The Morgan fingerprint density at radius 2 is 1.70 bits per heavy atom. The summed E-state index contributed by atoms with van der Waals surface area (Å²) in [6.45, 7) is 9.01. The molecule has 1 amide bonds. The van der Waals surface area contributed by atoms with Crippen LogP contribution in [0.2, 0.25) is 0 Å². The second-order valence-electron chi connectivity index (χ2n) is 15.9. The second-order valence-corrected chi connectivity index (χ2v) is 19.5. The molecular formula is C38H60NO13PS. The molecule has 2 N–H and O–H groups in total. The van der Waals surface area contributed by atoms with Gasteiger partial charge in [-0.05, 0) is 77.2 Å². The monoisotopic (exact) mass is 801 g/mol. The summed E-state index contributed by atoms with van der Waals surface area (Å²) < 4.78 is 67.5. The summed E-state index contributed by atoms with van der Waals surface area (Å²) in [5.74, 6) is -2.04. The number of allylic oxidation sites excluding steroid dienone is 4. The largest absolute Gasteiger partial charge is 0.458 e. The molecule has 0 radical (unpaired) electrons. The minimum atomic E-state index is -4.16. The molecule has 0 aliphatic heterocycles. The molecule has 0 spiro atoms. The van der Waals surface area contributed by atoms with E-state index in [9.17, 15) is 37.3 Å².